The molecule has 144 valence electrons. The van der Waals surface area contributed by atoms with Crippen molar-refractivity contribution in [3.63, 3.8) is 0 Å². The van der Waals surface area contributed by atoms with Gasteiger partial charge in [-0.05, 0) is 19.1 Å². The van der Waals surface area contributed by atoms with Crippen LogP contribution in [-0.4, -0.2) is 59.0 Å². The second kappa shape index (κ2) is 7.37. The number of hydrogen-bond donors (Lipinski definition) is 0. The van der Waals surface area contributed by atoms with Crippen molar-refractivity contribution >= 4 is 11.9 Å². The average Bonchev–Trinajstić information content (AvgIpc) is 2.66. The number of methoxy groups -OCH3 is 1. The quantitative estimate of drug-likeness (QED) is 0.812. The number of amides is 1. The molecular formula is C17H18F3N5O2. The largest absolute Gasteiger partial charge is 0.481 e. The number of carbonyl (C=O) groups excluding carboxylic acids is 1. The zero-order valence-corrected chi connectivity index (χ0v) is 14.8. The van der Waals surface area contributed by atoms with Gasteiger partial charge in [-0.15, -0.1) is 0 Å². The number of anilines is 1. The second-order valence-electron chi connectivity index (χ2n) is 6.06. The van der Waals surface area contributed by atoms with Crippen molar-refractivity contribution < 1.29 is 22.7 Å². The van der Waals surface area contributed by atoms with Crippen LogP contribution >= 0.6 is 0 Å². The number of halogens is 3. The molecule has 0 radical (unpaired) electrons. The Bertz CT molecular complexity index is 836. The number of aromatic nitrogens is 3. The van der Waals surface area contributed by atoms with Crippen LogP contribution in [0.15, 0.2) is 24.4 Å². The lowest BCUT2D eigenvalue weighted by atomic mass is 10.2. The monoisotopic (exact) mass is 381 g/mol. The summed E-state index contributed by atoms with van der Waals surface area (Å²) in [5.41, 5.74) is -0.274. The maximum Gasteiger partial charge on any atom is 0.433 e. The van der Waals surface area contributed by atoms with E-state index in [1.54, 1.807) is 21.9 Å². The predicted octanol–water partition coefficient (Wildman–Crippen LogP) is 2.17. The molecule has 3 heterocycles. The summed E-state index contributed by atoms with van der Waals surface area (Å²) < 4.78 is 43.9. The smallest absolute Gasteiger partial charge is 0.433 e. The standard InChI is InChI=1S/C17H18F3N5O2/c1-11-9-13(17(18,19)20)23-16(22-11)25-7-5-24(6-8-25)15(26)12-3-4-21-14(10-12)27-2/h3-4,9-10H,5-8H2,1-2H3. The maximum absolute atomic E-state index is 13.0. The molecular weight excluding hydrogens is 363 g/mol. The minimum Gasteiger partial charge on any atom is -0.481 e. The molecule has 0 aromatic carbocycles. The van der Waals surface area contributed by atoms with Crippen molar-refractivity contribution in [3.05, 3.63) is 41.3 Å². The zero-order chi connectivity index (χ0) is 19.6. The fraction of sp³-hybridized carbons (Fsp3) is 0.412. The number of piperazine rings is 1. The molecule has 7 nitrogen and oxygen atoms in total. The number of aryl methyl sites for hydroxylation is 1. The number of pyridine rings is 1. The lowest BCUT2D eigenvalue weighted by molar-refractivity contribution is -0.141. The topological polar surface area (TPSA) is 71.5 Å². The third-order valence-corrected chi connectivity index (χ3v) is 4.17. The van der Waals surface area contributed by atoms with Gasteiger partial charge in [0.15, 0.2) is 0 Å². The molecule has 0 atom stereocenters. The van der Waals surface area contributed by atoms with Crippen molar-refractivity contribution in [2.75, 3.05) is 38.2 Å². The van der Waals surface area contributed by atoms with Gasteiger partial charge in [0.25, 0.3) is 5.91 Å². The van der Waals surface area contributed by atoms with Gasteiger partial charge < -0.3 is 14.5 Å². The Morgan fingerprint density at radius 3 is 2.48 bits per heavy atom. The van der Waals surface area contributed by atoms with Gasteiger partial charge in [0.05, 0.1) is 7.11 Å². The summed E-state index contributed by atoms with van der Waals surface area (Å²) in [6, 6.07) is 4.06. The number of carbonyl (C=O) groups is 1. The van der Waals surface area contributed by atoms with Crippen LogP contribution in [0.3, 0.4) is 0 Å². The van der Waals surface area contributed by atoms with E-state index in [0.717, 1.165) is 6.07 Å². The molecule has 0 spiro atoms. The summed E-state index contributed by atoms with van der Waals surface area (Å²) in [4.78, 5) is 27.6. The normalized spacial score (nSPS) is 15.0. The number of hydrogen-bond acceptors (Lipinski definition) is 6. The zero-order valence-electron chi connectivity index (χ0n) is 14.8. The highest BCUT2D eigenvalue weighted by Gasteiger charge is 2.34. The van der Waals surface area contributed by atoms with Crippen molar-refractivity contribution in [3.8, 4) is 5.88 Å². The van der Waals surface area contributed by atoms with Gasteiger partial charge in [-0.25, -0.2) is 15.0 Å². The minimum absolute atomic E-state index is 0.0278. The first kappa shape index (κ1) is 18.9. The lowest BCUT2D eigenvalue weighted by Crippen LogP contribution is -2.49. The summed E-state index contributed by atoms with van der Waals surface area (Å²) in [5, 5.41) is 0. The summed E-state index contributed by atoms with van der Waals surface area (Å²) >= 11 is 0. The fourth-order valence-electron chi connectivity index (χ4n) is 2.79. The molecule has 0 bridgehead atoms. The van der Waals surface area contributed by atoms with Crippen molar-refractivity contribution in [1.82, 2.24) is 19.9 Å². The number of rotatable bonds is 3. The molecule has 1 aliphatic rings. The van der Waals surface area contributed by atoms with Crippen LogP contribution < -0.4 is 9.64 Å². The van der Waals surface area contributed by atoms with Gasteiger partial charge in [0, 0.05) is 49.7 Å². The van der Waals surface area contributed by atoms with Crippen molar-refractivity contribution in [1.29, 1.82) is 0 Å². The van der Waals surface area contributed by atoms with Crippen LogP contribution in [0, 0.1) is 6.92 Å². The molecule has 2 aromatic rings. The van der Waals surface area contributed by atoms with Gasteiger partial charge in [0.1, 0.15) is 5.69 Å². The van der Waals surface area contributed by atoms with E-state index in [0.29, 0.717) is 37.6 Å². The van der Waals surface area contributed by atoms with Crippen LogP contribution in [0.5, 0.6) is 5.88 Å². The van der Waals surface area contributed by atoms with E-state index in [4.69, 9.17) is 4.74 Å². The van der Waals surface area contributed by atoms with Crippen LogP contribution in [-0.2, 0) is 6.18 Å². The Kier molecular flexibility index (Phi) is 5.15. The second-order valence-corrected chi connectivity index (χ2v) is 6.06. The lowest BCUT2D eigenvalue weighted by Gasteiger charge is -2.35. The maximum atomic E-state index is 13.0. The molecule has 1 aliphatic heterocycles. The number of alkyl halides is 3. The molecule has 1 saturated heterocycles. The van der Waals surface area contributed by atoms with Gasteiger partial charge >= 0.3 is 6.18 Å². The summed E-state index contributed by atoms with van der Waals surface area (Å²) in [6.07, 6.45) is -3.04. The van der Waals surface area contributed by atoms with Gasteiger partial charge in [-0.3, -0.25) is 4.79 Å². The fourth-order valence-corrected chi connectivity index (χ4v) is 2.79. The molecule has 2 aromatic heterocycles. The minimum atomic E-state index is -4.53. The first-order valence-electron chi connectivity index (χ1n) is 8.25. The van der Waals surface area contributed by atoms with Crippen LogP contribution in [0.1, 0.15) is 21.7 Å². The third-order valence-electron chi connectivity index (χ3n) is 4.17. The van der Waals surface area contributed by atoms with E-state index in [9.17, 15) is 18.0 Å². The molecule has 10 heteroatoms. The van der Waals surface area contributed by atoms with Gasteiger partial charge in [0.2, 0.25) is 11.8 Å². The molecule has 0 unspecified atom stereocenters. The molecule has 1 fully saturated rings. The molecule has 3 rings (SSSR count). The predicted molar refractivity (Wildman–Crippen MR) is 90.7 cm³/mol. The van der Waals surface area contributed by atoms with E-state index in [1.807, 2.05) is 0 Å². The molecule has 0 saturated carbocycles. The van der Waals surface area contributed by atoms with Crippen molar-refractivity contribution in [2.24, 2.45) is 0 Å². The van der Waals surface area contributed by atoms with E-state index in [-0.39, 0.29) is 17.5 Å². The van der Waals surface area contributed by atoms with E-state index in [1.165, 1.54) is 20.2 Å². The Morgan fingerprint density at radius 1 is 1.15 bits per heavy atom. The number of nitrogens with zero attached hydrogens (tertiary/aromatic N) is 5. The third kappa shape index (κ3) is 4.26. The summed E-state index contributed by atoms with van der Waals surface area (Å²) in [5.74, 6) is 0.184. The highest BCUT2D eigenvalue weighted by Crippen LogP contribution is 2.29. The van der Waals surface area contributed by atoms with Crippen LogP contribution in [0.2, 0.25) is 0 Å². The molecule has 27 heavy (non-hydrogen) atoms. The molecule has 1 amide bonds. The Hall–Kier alpha value is -2.91. The molecule has 0 N–H and O–H groups in total. The highest BCUT2D eigenvalue weighted by molar-refractivity contribution is 5.94. The number of ether oxygens (including phenoxy) is 1. The van der Waals surface area contributed by atoms with Gasteiger partial charge in [-0.1, -0.05) is 0 Å². The Balaban J connectivity index is 1.70. The Labute approximate surface area is 153 Å². The van der Waals surface area contributed by atoms with E-state index in [2.05, 4.69) is 15.0 Å². The Morgan fingerprint density at radius 2 is 1.85 bits per heavy atom. The first-order valence-corrected chi connectivity index (χ1v) is 8.25. The van der Waals surface area contributed by atoms with E-state index >= 15 is 0 Å². The average molecular weight is 381 g/mol. The van der Waals surface area contributed by atoms with Gasteiger partial charge in [-0.2, -0.15) is 13.2 Å². The summed E-state index contributed by atoms with van der Waals surface area (Å²) in [6.45, 7) is 2.88. The van der Waals surface area contributed by atoms with Crippen LogP contribution in [0.25, 0.3) is 0 Å². The summed E-state index contributed by atoms with van der Waals surface area (Å²) in [7, 11) is 1.46. The van der Waals surface area contributed by atoms with Crippen LogP contribution in [0.4, 0.5) is 19.1 Å². The van der Waals surface area contributed by atoms with E-state index < -0.39 is 11.9 Å². The van der Waals surface area contributed by atoms with Crippen molar-refractivity contribution in [2.45, 2.75) is 13.1 Å². The first-order chi connectivity index (χ1) is 12.8. The highest BCUT2D eigenvalue weighted by atomic mass is 19.4. The molecule has 0 aliphatic carbocycles. The SMILES string of the molecule is COc1cc(C(=O)N2CCN(c3nc(C)cc(C(F)(F)F)n3)CC2)ccn1.